The second-order valence-corrected chi connectivity index (χ2v) is 3.60. The summed E-state index contributed by atoms with van der Waals surface area (Å²) < 4.78 is 4.64. The number of hydrogen-bond acceptors (Lipinski definition) is 3. The molecule has 0 atom stereocenters. The maximum atomic E-state index is 10.6. The molecule has 0 aromatic heterocycles. The molecule has 78 valence electrons. The summed E-state index contributed by atoms with van der Waals surface area (Å²) >= 11 is 0. The maximum absolute atomic E-state index is 10.6. The summed E-state index contributed by atoms with van der Waals surface area (Å²) in [5.74, 6) is -0.574. The highest BCUT2D eigenvalue weighted by atomic mass is 31.1. The summed E-state index contributed by atoms with van der Waals surface area (Å²) in [6, 6.07) is 0. The lowest BCUT2D eigenvalue weighted by Gasteiger charge is -1.98. The van der Waals surface area contributed by atoms with Gasteiger partial charge in [-0.25, -0.2) is 0 Å². The van der Waals surface area contributed by atoms with E-state index in [-0.39, 0.29) is 12.2 Å². The average Bonchev–Trinajstić information content (AvgIpc) is 2.01. The summed E-state index contributed by atoms with van der Waals surface area (Å²) in [4.78, 5) is 20.9. The number of ether oxygens (including phenoxy) is 1. The van der Waals surface area contributed by atoms with E-state index >= 15 is 0 Å². The minimum Gasteiger partial charge on any atom is -0.465 e. The smallest absolute Gasteiger partial charge is 0.313 e. The average molecular weight is 206 g/mol. The highest BCUT2D eigenvalue weighted by Crippen LogP contribution is 1.88. The zero-order valence-corrected chi connectivity index (χ0v) is 9.85. The Balaban J connectivity index is 0. The van der Waals surface area contributed by atoms with Gasteiger partial charge in [0.2, 0.25) is 0 Å². The van der Waals surface area contributed by atoms with Crippen LogP contribution < -0.4 is 0 Å². The molecular weight excluding hydrogens is 187 g/mol. The number of esters is 1. The molecule has 0 aliphatic rings. The molecule has 0 bridgehead atoms. The van der Waals surface area contributed by atoms with Gasteiger partial charge in [-0.2, -0.15) is 0 Å². The van der Waals surface area contributed by atoms with Gasteiger partial charge in [-0.15, -0.1) is 8.58 Å². The van der Waals surface area contributed by atoms with Crippen molar-refractivity contribution in [2.24, 2.45) is 0 Å². The van der Waals surface area contributed by atoms with Gasteiger partial charge in [0, 0.05) is 0 Å². The summed E-state index contributed by atoms with van der Waals surface area (Å²) in [6.45, 7) is 7.99. The van der Waals surface area contributed by atoms with Crippen LogP contribution in [0.4, 0.5) is 0 Å². The Morgan fingerprint density at radius 2 is 1.77 bits per heavy atom. The molecule has 0 fully saturated rings. The van der Waals surface area contributed by atoms with Crippen LogP contribution >= 0.6 is 8.58 Å². The molecule has 0 unspecified atom stereocenters. The van der Waals surface area contributed by atoms with Crippen LogP contribution in [0.15, 0.2) is 0 Å². The van der Waals surface area contributed by atoms with Crippen molar-refractivity contribution in [3.8, 4) is 0 Å². The fourth-order valence-corrected chi connectivity index (χ4v) is 0.470. The zero-order chi connectivity index (χ0) is 10.7. The number of carbonyl (C=O) groups excluding carboxylic acids is 2. The van der Waals surface area contributed by atoms with Gasteiger partial charge in [0.25, 0.3) is 0 Å². The Bertz CT molecular complexity index is 146. The van der Waals surface area contributed by atoms with Crippen LogP contribution in [0, 0.1) is 0 Å². The van der Waals surface area contributed by atoms with Crippen LogP contribution in [-0.4, -0.2) is 31.7 Å². The highest BCUT2D eigenvalue weighted by molar-refractivity contribution is 7.35. The van der Waals surface area contributed by atoms with Crippen molar-refractivity contribution in [3.63, 3.8) is 0 Å². The number of carbonyl (C=O) groups is 2. The van der Waals surface area contributed by atoms with Crippen molar-refractivity contribution in [3.05, 3.63) is 0 Å². The number of ketones is 1. The topological polar surface area (TPSA) is 43.4 Å². The van der Waals surface area contributed by atoms with E-state index in [4.69, 9.17) is 0 Å². The Hall–Kier alpha value is -0.430. The van der Waals surface area contributed by atoms with Gasteiger partial charge < -0.3 is 4.74 Å². The third-order valence-corrected chi connectivity index (χ3v) is 0.860. The quantitative estimate of drug-likeness (QED) is 0.400. The first kappa shape index (κ1) is 15.1. The minimum absolute atomic E-state index is 0.0972. The van der Waals surface area contributed by atoms with E-state index in [2.05, 4.69) is 18.1 Å². The van der Waals surface area contributed by atoms with E-state index < -0.39 is 5.97 Å². The fourth-order valence-electron chi connectivity index (χ4n) is 0.470. The first-order valence-electron chi connectivity index (χ1n) is 4.32. The van der Waals surface area contributed by atoms with Crippen LogP contribution in [0.3, 0.4) is 0 Å². The van der Waals surface area contributed by atoms with E-state index in [9.17, 15) is 9.59 Å². The fraction of sp³-hybridized carbons (Fsp3) is 0.778. The Morgan fingerprint density at radius 3 is 2.08 bits per heavy atom. The molecule has 0 heterocycles. The number of Topliss-reactive ketones (excluding diaryl/α,β-unsaturated/α-hetero) is 1. The van der Waals surface area contributed by atoms with Crippen molar-refractivity contribution < 1.29 is 14.3 Å². The van der Waals surface area contributed by atoms with E-state index in [0.29, 0.717) is 6.61 Å². The van der Waals surface area contributed by atoms with Crippen LogP contribution in [0.1, 0.15) is 26.7 Å². The van der Waals surface area contributed by atoms with Gasteiger partial charge in [-0.1, -0.05) is 6.92 Å². The summed E-state index contributed by atoms with van der Waals surface area (Å²) in [5, 5.41) is 0. The lowest BCUT2D eigenvalue weighted by molar-refractivity contribution is -0.145. The lowest BCUT2D eigenvalue weighted by Crippen LogP contribution is -2.09. The third-order valence-electron chi connectivity index (χ3n) is 0.860. The molecule has 0 spiro atoms. The predicted octanol–water partition coefficient (Wildman–Crippen LogP) is 1.84. The normalized spacial score (nSPS) is 8.31. The van der Waals surface area contributed by atoms with Gasteiger partial charge in [-0.05, 0) is 26.7 Å². The lowest BCUT2D eigenvalue weighted by atomic mass is 10.3. The largest absolute Gasteiger partial charge is 0.465 e. The first-order chi connectivity index (χ1) is 6.08. The summed E-state index contributed by atoms with van der Waals surface area (Å²) in [7, 11) is 1.08. The van der Waals surface area contributed by atoms with Crippen LogP contribution in [0.5, 0.6) is 0 Å². The monoisotopic (exact) mass is 206 g/mol. The molecule has 0 saturated heterocycles. The van der Waals surface area contributed by atoms with Crippen molar-refractivity contribution in [1.82, 2.24) is 0 Å². The highest BCUT2D eigenvalue weighted by Gasteiger charge is 2.04. The van der Waals surface area contributed by atoms with Crippen LogP contribution in [0.25, 0.3) is 0 Å². The van der Waals surface area contributed by atoms with Crippen molar-refractivity contribution >= 4 is 20.3 Å². The molecular formula is C9H19O3P. The van der Waals surface area contributed by atoms with E-state index in [1.54, 1.807) is 0 Å². The summed E-state index contributed by atoms with van der Waals surface area (Å²) in [5.41, 5.74) is 0. The van der Waals surface area contributed by atoms with E-state index in [1.807, 2.05) is 6.92 Å². The third kappa shape index (κ3) is 18.5. The molecule has 0 radical (unpaired) electrons. The Morgan fingerprint density at radius 1 is 1.31 bits per heavy atom. The van der Waals surface area contributed by atoms with Crippen molar-refractivity contribution in [1.29, 1.82) is 0 Å². The van der Waals surface area contributed by atoms with Crippen molar-refractivity contribution in [2.75, 3.05) is 19.9 Å². The molecule has 0 aliphatic carbocycles. The summed E-state index contributed by atoms with van der Waals surface area (Å²) in [6.07, 6.45) is 0.698. The van der Waals surface area contributed by atoms with Gasteiger partial charge in [0.05, 0.1) is 6.61 Å². The minimum atomic E-state index is -0.422. The second kappa shape index (κ2) is 11.6. The predicted molar refractivity (Wildman–Crippen MR) is 56.7 cm³/mol. The molecule has 0 aliphatic heterocycles. The molecule has 0 saturated carbocycles. The van der Waals surface area contributed by atoms with Crippen LogP contribution in [-0.2, 0) is 14.3 Å². The number of hydrogen-bond donors (Lipinski definition) is 0. The molecule has 0 amide bonds. The molecule has 0 N–H and O–H groups in total. The first-order valence-corrected chi connectivity index (χ1v) is 6.32. The van der Waals surface area contributed by atoms with Gasteiger partial charge >= 0.3 is 5.97 Å². The van der Waals surface area contributed by atoms with Crippen molar-refractivity contribution in [2.45, 2.75) is 26.7 Å². The molecule has 4 heteroatoms. The second-order valence-electron chi connectivity index (χ2n) is 2.60. The zero-order valence-electron chi connectivity index (χ0n) is 8.85. The SMILES string of the molecule is CCCOC(=O)CC(C)=O.CPC. The molecule has 0 aromatic rings. The van der Waals surface area contributed by atoms with Gasteiger partial charge in [0.15, 0.2) is 0 Å². The van der Waals surface area contributed by atoms with E-state index in [0.717, 1.165) is 15.0 Å². The number of rotatable bonds is 4. The molecule has 13 heavy (non-hydrogen) atoms. The molecule has 0 rings (SSSR count). The molecule has 0 aromatic carbocycles. The van der Waals surface area contributed by atoms with E-state index in [1.165, 1.54) is 6.92 Å². The van der Waals surface area contributed by atoms with Crippen LogP contribution in [0.2, 0.25) is 0 Å². The Kier molecular flexibility index (Phi) is 13.4. The van der Waals surface area contributed by atoms with Gasteiger partial charge in [-0.3, -0.25) is 9.59 Å². The standard InChI is InChI=1S/C7H12O3.C2H7P/c1-3-4-10-7(9)5-6(2)8;1-3-2/h3-5H2,1-2H3;3H,1-2H3. The maximum Gasteiger partial charge on any atom is 0.313 e. The Labute approximate surface area is 82.0 Å². The van der Waals surface area contributed by atoms with Gasteiger partial charge in [0.1, 0.15) is 12.2 Å². The molecule has 3 nitrogen and oxygen atoms in total.